The van der Waals surface area contributed by atoms with Crippen LogP contribution < -0.4 is 5.32 Å². The summed E-state index contributed by atoms with van der Waals surface area (Å²) in [5, 5.41) is 3.54. The Labute approximate surface area is 176 Å². The summed E-state index contributed by atoms with van der Waals surface area (Å²) in [6.07, 6.45) is 0. The van der Waals surface area contributed by atoms with Crippen LogP contribution in [0.1, 0.15) is 53.1 Å². The van der Waals surface area contributed by atoms with Crippen molar-refractivity contribution in [3.8, 4) is 0 Å². The van der Waals surface area contributed by atoms with Crippen LogP contribution in [0.15, 0.2) is 83.3 Å². The molecular weight excluding hydrogens is 374 g/mol. The van der Waals surface area contributed by atoms with E-state index in [0.717, 1.165) is 38.5 Å². The number of para-hydroxylation sites is 1. The molecule has 1 N–H and O–H groups in total. The minimum atomic E-state index is -0.0462. The number of carbonyl (C=O) groups is 1. The molecule has 3 aromatic carbocycles. The molecule has 2 nitrogen and oxygen atoms in total. The number of benzene rings is 3. The van der Waals surface area contributed by atoms with Crippen molar-refractivity contribution in [1.29, 1.82) is 0 Å². The molecule has 0 saturated heterocycles. The second kappa shape index (κ2) is 6.64. The van der Waals surface area contributed by atoms with Crippen LogP contribution in [0.25, 0.3) is 5.70 Å². The summed E-state index contributed by atoms with van der Waals surface area (Å²) in [6, 6.07) is 25.0. The standard InChI is InChI=1S/C26H23NOS/c1-26(2,3)17-14-12-16(13-15-17)25-22-23(18-8-4-5-9-19(18)24(22)28)27-20-10-6-7-11-21(20)29-25/h4-15,25,27H,1-3H3. The zero-order valence-electron chi connectivity index (χ0n) is 16.8. The van der Waals surface area contributed by atoms with Crippen molar-refractivity contribution >= 4 is 28.9 Å². The van der Waals surface area contributed by atoms with E-state index < -0.39 is 0 Å². The SMILES string of the molecule is CC(C)(C)c1ccc(C2Sc3ccccc3NC3=C2C(=O)c2ccccc23)cc1. The number of Topliss-reactive ketones (excluding diaryl/α,β-unsaturated/α-hetero) is 1. The zero-order chi connectivity index (χ0) is 20.2. The molecule has 29 heavy (non-hydrogen) atoms. The maximum absolute atomic E-state index is 13.4. The van der Waals surface area contributed by atoms with E-state index in [0.29, 0.717) is 0 Å². The van der Waals surface area contributed by atoms with Gasteiger partial charge in [-0.2, -0.15) is 0 Å². The summed E-state index contributed by atoms with van der Waals surface area (Å²) in [7, 11) is 0. The van der Waals surface area contributed by atoms with Crippen molar-refractivity contribution in [2.45, 2.75) is 36.3 Å². The van der Waals surface area contributed by atoms with E-state index in [1.54, 1.807) is 11.8 Å². The monoisotopic (exact) mass is 397 g/mol. The average molecular weight is 398 g/mol. The summed E-state index contributed by atoms with van der Waals surface area (Å²) in [5.74, 6) is 0.133. The Bertz CT molecular complexity index is 1150. The fourth-order valence-corrected chi connectivity index (χ4v) is 5.37. The van der Waals surface area contributed by atoms with E-state index in [4.69, 9.17) is 0 Å². The van der Waals surface area contributed by atoms with E-state index in [9.17, 15) is 4.79 Å². The maximum atomic E-state index is 13.4. The number of hydrogen-bond donors (Lipinski definition) is 1. The number of fused-ring (bicyclic) bond motifs is 3. The second-order valence-electron chi connectivity index (χ2n) is 8.65. The molecule has 0 bridgehead atoms. The second-order valence-corrected chi connectivity index (χ2v) is 9.80. The van der Waals surface area contributed by atoms with Crippen molar-refractivity contribution in [3.63, 3.8) is 0 Å². The molecule has 0 amide bonds. The first kappa shape index (κ1) is 18.3. The quantitative estimate of drug-likeness (QED) is 0.487. The van der Waals surface area contributed by atoms with E-state index in [1.165, 1.54) is 5.56 Å². The Hall–Kier alpha value is -2.78. The molecule has 1 aliphatic carbocycles. The lowest BCUT2D eigenvalue weighted by Crippen LogP contribution is -2.12. The smallest absolute Gasteiger partial charge is 0.193 e. The molecule has 5 rings (SSSR count). The molecule has 0 spiro atoms. The topological polar surface area (TPSA) is 29.1 Å². The number of nitrogens with one attached hydrogen (secondary N) is 1. The third-order valence-corrected chi connectivity index (χ3v) is 7.04. The molecule has 3 heteroatoms. The summed E-state index contributed by atoms with van der Waals surface area (Å²) in [4.78, 5) is 14.6. The van der Waals surface area contributed by atoms with Crippen LogP contribution in [-0.4, -0.2) is 5.78 Å². The fraction of sp³-hybridized carbons (Fsp3) is 0.192. The molecule has 1 atom stereocenters. The van der Waals surface area contributed by atoms with Crippen molar-refractivity contribution in [1.82, 2.24) is 0 Å². The van der Waals surface area contributed by atoms with Gasteiger partial charge in [0.15, 0.2) is 5.78 Å². The number of carbonyl (C=O) groups excluding carboxylic acids is 1. The Morgan fingerprint density at radius 3 is 2.21 bits per heavy atom. The largest absolute Gasteiger partial charge is 0.354 e. The van der Waals surface area contributed by atoms with Crippen LogP contribution in [0.5, 0.6) is 0 Å². The molecule has 0 aromatic heterocycles. The number of hydrogen-bond acceptors (Lipinski definition) is 3. The molecule has 3 aromatic rings. The highest BCUT2D eigenvalue weighted by atomic mass is 32.2. The van der Waals surface area contributed by atoms with E-state index in [1.807, 2.05) is 30.3 Å². The highest BCUT2D eigenvalue weighted by Gasteiger charge is 2.38. The maximum Gasteiger partial charge on any atom is 0.193 e. The van der Waals surface area contributed by atoms with Crippen molar-refractivity contribution in [3.05, 3.63) is 101 Å². The Balaban J connectivity index is 1.68. The van der Waals surface area contributed by atoms with Gasteiger partial charge in [0.25, 0.3) is 0 Å². The molecule has 1 heterocycles. The van der Waals surface area contributed by atoms with Gasteiger partial charge in [-0.15, -0.1) is 11.8 Å². The zero-order valence-corrected chi connectivity index (χ0v) is 17.6. The first-order chi connectivity index (χ1) is 13.9. The number of ketones is 1. The lowest BCUT2D eigenvalue weighted by Gasteiger charge is -2.21. The highest BCUT2D eigenvalue weighted by molar-refractivity contribution is 8.00. The molecule has 144 valence electrons. The normalized spacial score (nSPS) is 17.9. The van der Waals surface area contributed by atoms with Gasteiger partial charge in [0.1, 0.15) is 0 Å². The molecule has 0 radical (unpaired) electrons. The van der Waals surface area contributed by atoms with Crippen LogP contribution in [0.2, 0.25) is 0 Å². The predicted octanol–water partition coefficient (Wildman–Crippen LogP) is 6.85. The molecule has 2 aliphatic rings. The first-order valence-corrected chi connectivity index (χ1v) is 10.8. The highest BCUT2D eigenvalue weighted by Crippen LogP contribution is 2.52. The first-order valence-electron chi connectivity index (χ1n) is 9.95. The van der Waals surface area contributed by atoms with Crippen LogP contribution in [0.4, 0.5) is 5.69 Å². The number of thioether (sulfide) groups is 1. The van der Waals surface area contributed by atoms with Gasteiger partial charge in [-0.25, -0.2) is 0 Å². The molecule has 0 saturated carbocycles. The minimum absolute atomic E-state index is 0.0462. The Morgan fingerprint density at radius 1 is 0.828 bits per heavy atom. The lowest BCUT2D eigenvalue weighted by molar-refractivity contribution is 0.103. The molecule has 1 aliphatic heterocycles. The Morgan fingerprint density at radius 2 is 1.48 bits per heavy atom. The van der Waals surface area contributed by atoms with Gasteiger partial charge < -0.3 is 5.32 Å². The van der Waals surface area contributed by atoms with Crippen LogP contribution >= 0.6 is 11.8 Å². The van der Waals surface area contributed by atoms with Gasteiger partial charge in [-0.1, -0.05) is 81.4 Å². The van der Waals surface area contributed by atoms with Crippen molar-refractivity contribution in [2.24, 2.45) is 0 Å². The predicted molar refractivity (Wildman–Crippen MR) is 121 cm³/mol. The lowest BCUT2D eigenvalue weighted by atomic mass is 9.86. The van der Waals surface area contributed by atoms with Crippen molar-refractivity contribution < 1.29 is 4.79 Å². The van der Waals surface area contributed by atoms with Crippen LogP contribution in [0.3, 0.4) is 0 Å². The third kappa shape index (κ3) is 3.01. The van der Waals surface area contributed by atoms with Gasteiger partial charge in [0.2, 0.25) is 0 Å². The van der Waals surface area contributed by atoms with Gasteiger partial charge in [0, 0.05) is 21.6 Å². The van der Waals surface area contributed by atoms with Gasteiger partial charge in [0.05, 0.1) is 16.6 Å². The van der Waals surface area contributed by atoms with E-state index in [-0.39, 0.29) is 16.4 Å². The van der Waals surface area contributed by atoms with Gasteiger partial charge in [-0.05, 0) is 28.7 Å². The number of anilines is 1. The summed E-state index contributed by atoms with van der Waals surface area (Å²) in [5.41, 5.74) is 7.23. The van der Waals surface area contributed by atoms with Crippen LogP contribution in [0, 0.1) is 0 Å². The van der Waals surface area contributed by atoms with E-state index in [2.05, 4.69) is 68.6 Å². The van der Waals surface area contributed by atoms with Gasteiger partial charge >= 0.3 is 0 Å². The Kier molecular flexibility index (Phi) is 4.18. The molecular formula is C26H23NOS. The average Bonchev–Trinajstić information content (AvgIpc) is 2.88. The van der Waals surface area contributed by atoms with Crippen molar-refractivity contribution in [2.75, 3.05) is 5.32 Å². The molecule has 0 fully saturated rings. The fourth-order valence-electron chi connectivity index (χ4n) is 4.07. The van der Waals surface area contributed by atoms with Gasteiger partial charge in [-0.3, -0.25) is 4.79 Å². The summed E-state index contributed by atoms with van der Waals surface area (Å²) in [6.45, 7) is 6.67. The third-order valence-electron chi connectivity index (χ3n) is 5.69. The number of rotatable bonds is 1. The summed E-state index contributed by atoms with van der Waals surface area (Å²) >= 11 is 1.75. The minimum Gasteiger partial charge on any atom is -0.354 e. The van der Waals surface area contributed by atoms with E-state index >= 15 is 0 Å². The molecule has 1 unspecified atom stereocenters. The summed E-state index contributed by atoms with van der Waals surface area (Å²) < 4.78 is 0. The van der Waals surface area contributed by atoms with Crippen LogP contribution in [-0.2, 0) is 5.41 Å².